The Morgan fingerprint density at radius 2 is 1.89 bits per heavy atom. The topological polar surface area (TPSA) is 87.5 Å². The van der Waals surface area contributed by atoms with Crippen LogP contribution in [0.5, 0.6) is 0 Å². The number of hydrogen-bond donors (Lipinski definition) is 3. The van der Waals surface area contributed by atoms with Crippen LogP contribution in [0, 0.1) is 5.41 Å². The molecule has 0 bridgehead atoms. The first-order valence-corrected chi connectivity index (χ1v) is 6.82. The van der Waals surface area contributed by atoms with Crippen molar-refractivity contribution in [3.05, 3.63) is 0 Å². The zero-order valence-corrected chi connectivity index (χ0v) is 12.2. The van der Waals surface area contributed by atoms with Crippen molar-refractivity contribution in [1.29, 1.82) is 0 Å². The van der Waals surface area contributed by atoms with Crippen molar-refractivity contribution < 1.29 is 9.59 Å². The van der Waals surface area contributed by atoms with Gasteiger partial charge >= 0.3 is 0 Å². The second-order valence-corrected chi connectivity index (χ2v) is 5.85. The minimum absolute atomic E-state index is 0.0348. The van der Waals surface area contributed by atoms with E-state index < -0.39 is 5.41 Å². The molecule has 4 N–H and O–H groups in total. The Morgan fingerprint density at radius 1 is 1.32 bits per heavy atom. The zero-order chi connectivity index (χ0) is 14.5. The molecule has 110 valence electrons. The minimum Gasteiger partial charge on any atom is -0.359 e. The maximum atomic E-state index is 11.8. The van der Waals surface area contributed by atoms with Crippen LogP contribution in [0.3, 0.4) is 0 Å². The molecule has 1 aliphatic heterocycles. The number of nitrogens with zero attached hydrogens (tertiary/aromatic N) is 1. The number of nitrogens with one attached hydrogen (secondary N) is 2. The minimum atomic E-state index is -0.589. The highest BCUT2D eigenvalue weighted by Gasteiger charge is 2.27. The predicted molar refractivity (Wildman–Crippen MR) is 74.5 cm³/mol. The lowest BCUT2D eigenvalue weighted by molar-refractivity contribution is -0.129. The number of hydrogen-bond acceptors (Lipinski definition) is 4. The van der Waals surface area contributed by atoms with Gasteiger partial charge < -0.3 is 16.4 Å². The molecule has 0 aromatic rings. The molecule has 0 aromatic heterocycles. The average Bonchev–Trinajstić information content (AvgIpc) is 2.38. The summed E-state index contributed by atoms with van der Waals surface area (Å²) in [6.07, 6.45) is 1.88. The van der Waals surface area contributed by atoms with Gasteiger partial charge in [0, 0.05) is 32.7 Å². The van der Waals surface area contributed by atoms with Crippen LogP contribution in [0.1, 0.15) is 26.7 Å². The highest BCUT2D eigenvalue weighted by molar-refractivity contribution is 5.83. The van der Waals surface area contributed by atoms with Gasteiger partial charge in [0.1, 0.15) is 0 Å². The lowest BCUT2D eigenvalue weighted by Gasteiger charge is -2.30. The average molecular weight is 270 g/mol. The smallest absolute Gasteiger partial charge is 0.234 e. The standard InChI is InChI=1S/C13H26N4O2/c1-13(2,12(19)15-3)9-16-11(18)8-17-6-4-10(14)5-7-17/h10H,4-9,14H2,1-3H3,(H,15,19)(H,16,18). The van der Waals surface area contributed by atoms with Gasteiger partial charge in [-0.3, -0.25) is 14.5 Å². The molecule has 0 radical (unpaired) electrons. The summed E-state index contributed by atoms with van der Waals surface area (Å²) in [5.74, 6) is -0.107. The normalized spacial score (nSPS) is 18.1. The van der Waals surface area contributed by atoms with Crippen molar-refractivity contribution in [1.82, 2.24) is 15.5 Å². The first-order chi connectivity index (χ1) is 8.85. The van der Waals surface area contributed by atoms with Crippen LogP contribution < -0.4 is 16.4 Å². The molecule has 1 rings (SSSR count). The Hall–Kier alpha value is -1.14. The summed E-state index contributed by atoms with van der Waals surface area (Å²) in [6, 6.07) is 0.270. The van der Waals surface area contributed by atoms with Gasteiger partial charge in [0.15, 0.2) is 0 Å². The number of carbonyl (C=O) groups excluding carboxylic acids is 2. The summed E-state index contributed by atoms with van der Waals surface area (Å²) in [5, 5.41) is 5.42. The second kappa shape index (κ2) is 6.86. The summed E-state index contributed by atoms with van der Waals surface area (Å²) in [7, 11) is 1.60. The molecule has 1 heterocycles. The Labute approximate surface area is 115 Å². The summed E-state index contributed by atoms with van der Waals surface area (Å²) in [6.45, 7) is 6.09. The van der Waals surface area contributed by atoms with Gasteiger partial charge in [0.2, 0.25) is 11.8 Å². The lowest BCUT2D eigenvalue weighted by atomic mass is 9.92. The van der Waals surface area contributed by atoms with Crippen LogP contribution in [0.2, 0.25) is 0 Å². The van der Waals surface area contributed by atoms with E-state index in [1.165, 1.54) is 0 Å². The van der Waals surface area contributed by atoms with E-state index in [1.807, 2.05) is 13.8 Å². The highest BCUT2D eigenvalue weighted by atomic mass is 16.2. The largest absolute Gasteiger partial charge is 0.359 e. The van der Waals surface area contributed by atoms with E-state index in [1.54, 1.807) is 7.05 Å². The highest BCUT2D eigenvalue weighted by Crippen LogP contribution is 2.13. The molecule has 0 spiro atoms. The number of piperidine rings is 1. The van der Waals surface area contributed by atoms with Gasteiger partial charge in [0.25, 0.3) is 0 Å². The van der Waals surface area contributed by atoms with E-state index in [0.29, 0.717) is 13.1 Å². The van der Waals surface area contributed by atoms with Crippen LogP contribution in [0.4, 0.5) is 0 Å². The molecule has 0 unspecified atom stereocenters. The Morgan fingerprint density at radius 3 is 2.42 bits per heavy atom. The molecule has 0 aromatic carbocycles. The second-order valence-electron chi connectivity index (χ2n) is 5.85. The van der Waals surface area contributed by atoms with Crippen LogP contribution in [-0.2, 0) is 9.59 Å². The van der Waals surface area contributed by atoms with Gasteiger partial charge in [-0.2, -0.15) is 0 Å². The van der Waals surface area contributed by atoms with Crippen LogP contribution in [-0.4, -0.2) is 56.0 Å². The number of likely N-dealkylation sites (tertiary alicyclic amines) is 1. The predicted octanol–water partition coefficient (Wildman–Crippen LogP) is -0.702. The van der Waals surface area contributed by atoms with E-state index in [4.69, 9.17) is 5.73 Å². The first kappa shape index (κ1) is 15.9. The molecular formula is C13H26N4O2. The molecule has 0 atom stereocenters. The Kier molecular flexibility index (Phi) is 5.75. The van der Waals surface area contributed by atoms with Gasteiger partial charge in [-0.05, 0) is 26.7 Å². The van der Waals surface area contributed by atoms with E-state index in [9.17, 15) is 9.59 Å². The van der Waals surface area contributed by atoms with Crippen molar-refractivity contribution in [3.63, 3.8) is 0 Å². The molecule has 0 aliphatic carbocycles. The van der Waals surface area contributed by atoms with Crippen molar-refractivity contribution >= 4 is 11.8 Å². The third-order valence-corrected chi connectivity index (χ3v) is 3.57. The van der Waals surface area contributed by atoms with Gasteiger partial charge in [0.05, 0.1) is 12.0 Å². The third-order valence-electron chi connectivity index (χ3n) is 3.57. The van der Waals surface area contributed by atoms with Crippen LogP contribution in [0.15, 0.2) is 0 Å². The molecule has 0 saturated carbocycles. The van der Waals surface area contributed by atoms with E-state index in [0.717, 1.165) is 25.9 Å². The molecule has 6 heteroatoms. The fourth-order valence-corrected chi connectivity index (χ4v) is 2.11. The maximum absolute atomic E-state index is 11.8. The van der Waals surface area contributed by atoms with Crippen molar-refractivity contribution in [2.24, 2.45) is 11.1 Å². The van der Waals surface area contributed by atoms with Crippen LogP contribution >= 0.6 is 0 Å². The number of carbonyl (C=O) groups is 2. The molecule has 1 saturated heterocycles. The molecule has 19 heavy (non-hydrogen) atoms. The van der Waals surface area contributed by atoms with Crippen molar-refractivity contribution in [2.45, 2.75) is 32.7 Å². The molecule has 2 amide bonds. The molecule has 6 nitrogen and oxygen atoms in total. The summed E-state index contributed by atoms with van der Waals surface area (Å²) < 4.78 is 0. The van der Waals surface area contributed by atoms with Crippen molar-refractivity contribution in [2.75, 3.05) is 33.2 Å². The number of amides is 2. The third kappa shape index (κ3) is 5.16. The fraction of sp³-hybridized carbons (Fsp3) is 0.846. The van der Waals surface area contributed by atoms with Gasteiger partial charge in [-0.1, -0.05) is 0 Å². The van der Waals surface area contributed by atoms with Gasteiger partial charge in [-0.25, -0.2) is 0 Å². The monoisotopic (exact) mass is 270 g/mol. The lowest BCUT2D eigenvalue weighted by Crippen LogP contribution is -2.48. The number of nitrogens with two attached hydrogens (primary N) is 1. The molecule has 1 aliphatic rings. The summed E-state index contributed by atoms with van der Waals surface area (Å²) in [5.41, 5.74) is 5.23. The molecule has 1 fully saturated rings. The quantitative estimate of drug-likeness (QED) is 0.616. The fourth-order valence-electron chi connectivity index (χ4n) is 2.11. The van der Waals surface area contributed by atoms with E-state index in [2.05, 4.69) is 15.5 Å². The maximum Gasteiger partial charge on any atom is 0.234 e. The zero-order valence-electron chi connectivity index (χ0n) is 12.2. The Bertz CT molecular complexity index is 323. The molecular weight excluding hydrogens is 244 g/mol. The SMILES string of the molecule is CNC(=O)C(C)(C)CNC(=O)CN1CCC(N)CC1. The van der Waals surface area contributed by atoms with Crippen LogP contribution in [0.25, 0.3) is 0 Å². The number of rotatable bonds is 5. The van der Waals surface area contributed by atoms with E-state index >= 15 is 0 Å². The summed E-state index contributed by atoms with van der Waals surface area (Å²) >= 11 is 0. The summed E-state index contributed by atoms with van der Waals surface area (Å²) in [4.78, 5) is 25.5. The Balaban J connectivity index is 2.30. The first-order valence-electron chi connectivity index (χ1n) is 6.82. The van der Waals surface area contributed by atoms with Crippen molar-refractivity contribution in [3.8, 4) is 0 Å². The van der Waals surface area contributed by atoms with E-state index in [-0.39, 0.29) is 17.9 Å². The van der Waals surface area contributed by atoms with Gasteiger partial charge in [-0.15, -0.1) is 0 Å².